The number of piperidine rings is 1. The summed E-state index contributed by atoms with van der Waals surface area (Å²) in [6.45, 7) is 7.45. The number of aliphatic hydroxyl groups is 1. The third-order valence-electron chi connectivity index (χ3n) is 2.85. The fourth-order valence-electron chi connectivity index (χ4n) is 1.75. The summed E-state index contributed by atoms with van der Waals surface area (Å²) >= 11 is 0. The van der Waals surface area contributed by atoms with Gasteiger partial charge in [0.1, 0.15) is 0 Å². The lowest BCUT2D eigenvalue weighted by atomic mass is 9.95. The van der Waals surface area contributed by atoms with Crippen molar-refractivity contribution in [3.8, 4) is 0 Å². The third kappa shape index (κ3) is 2.98. The lowest BCUT2D eigenvalue weighted by molar-refractivity contribution is -0.136. The van der Waals surface area contributed by atoms with Crippen molar-refractivity contribution >= 4 is 5.91 Å². The molecule has 0 radical (unpaired) electrons. The first-order valence-electron chi connectivity index (χ1n) is 5.46. The molecule has 0 aromatic heterocycles. The lowest BCUT2D eigenvalue weighted by Crippen LogP contribution is -2.46. The molecule has 1 heterocycles. The van der Waals surface area contributed by atoms with Crippen LogP contribution < -0.4 is 0 Å². The molecule has 3 nitrogen and oxygen atoms in total. The number of rotatable bonds is 2. The highest BCUT2D eigenvalue weighted by Gasteiger charge is 2.27. The van der Waals surface area contributed by atoms with Crippen LogP contribution in [0, 0.1) is 11.8 Å². The predicted octanol–water partition coefficient (Wildman–Crippen LogP) is 1.26. The maximum absolute atomic E-state index is 11.7. The number of β-amino-alcohol motifs (C(OH)–C–C–N with tert-alkyl or cyclic N) is 1. The Morgan fingerprint density at radius 3 is 2.71 bits per heavy atom. The Labute approximate surface area is 86.1 Å². The molecule has 82 valence electrons. The summed E-state index contributed by atoms with van der Waals surface area (Å²) in [4.78, 5) is 13.5. The molecule has 14 heavy (non-hydrogen) atoms. The van der Waals surface area contributed by atoms with Crippen LogP contribution in [0.15, 0.2) is 0 Å². The third-order valence-corrected chi connectivity index (χ3v) is 2.85. The minimum absolute atomic E-state index is 0.186. The van der Waals surface area contributed by atoms with Crippen LogP contribution in [-0.2, 0) is 4.79 Å². The topological polar surface area (TPSA) is 40.5 Å². The molecule has 2 atom stereocenters. The van der Waals surface area contributed by atoms with Crippen molar-refractivity contribution in [3.63, 3.8) is 0 Å². The first kappa shape index (κ1) is 11.5. The largest absolute Gasteiger partial charge is 0.391 e. The molecule has 1 N–H and O–H groups in total. The van der Waals surface area contributed by atoms with Gasteiger partial charge >= 0.3 is 0 Å². The van der Waals surface area contributed by atoms with Crippen molar-refractivity contribution in [2.75, 3.05) is 13.1 Å². The number of nitrogens with zero attached hydrogens (tertiary/aromatic N) is 1. The van der Waals surface area contributed by atoms with E-state index in [9.17, 15) is 9.90 Å². The highest BCUT2D eigenvalue weighted by molar-refractivity contribution is 5.76. The van der Waals surface area contributed by atoms with E-state index in [1.54, 1.807) is 4.90 Å². The van der Waals surface area contributed by atoms with E-state index < -0.39 is 0 Å². The first-order chi connectivity index (χ1) is 6.50. The molecule has 1 rings (SSSR count). The van der Waals surface area contributed by atoms with Crippen molar-refractivity contribution in [3.05, 3.63) is 0 Å². The van der Waals surface area contributed by atoms with Gasteiger partial charge in [-0.05, 0) is 18.3 Å². The first-order valence-corrected chi connectivity index (χ1v) is 5.46. The Morgan fingerprint density at radius 2 is 2.21 bits per heavy atom. The van der Waals surface area contributed by atoms with Gasteiger partial charge in [-0.15, -0.1) is 0 Å². The van der Waals surface area contributed by atoms with Crippen LogP contribution in [0.5, 0.6) is 0 Å². The van der Waals surface area contributed by atoms with Crippen LogP contribution in [0.4, 0.5) is 0 Å². The average Bonchev–Trinajstić information content (AvgIpc) is 2.08. The van der Waals surface area contributed by atoms with Gasteiger partial charge in [-0.3, -0.25) is 4.79 Å². The summed E-state index contributed by atoms with van der Waals surface area (Å²) in [7, 11) is 0. The molecule has 0 aliphatic carbocycles. The quantitative estimate of drug-likeness (QED) is 0.727. The lowest BCUT2D eigenvalue weighted by Gasteiger charge is -2.34. The van der Waals surface area contributed by atoms with Gasteiger partial charge in [0.25, 0.3) is 0 Å². The van der Waals surface area contributed by atoms with E-state index >= 15 is 0 Å². The zero-order chi connectivity index (χ0) is 10.7. The monoisotopic (exact) mass is 199 g/mol. The Hall–Kier alpha value is -0.570. The molecule has 1 fully saturated rings. The normalized spacial score (nSPS) is 28.2. The molecular weight excluding hydrogens is 178 g/mol. The second-order valence-electron chi connectivity index (χ2n) is 4.77. The second-order valence-corrected chi connectivity index (χ2v) is 4.77. The zero-order valence-electron chi connectivity index (χ0n) is 9.36. The molecule has 1 amide bonds. The Morgan fingerprint density at radius 1 is 1.57 bits per heavy atom. The average molecular weight is 199 g/mol. The molecular formula is C11H21NO2. The summed E-state index contributed by atoms with van der Waals surface area (Å²) < 4.78 is 0. The Kier molecular flexibility index (Phi) is 3.93. The molecule has 1 aliphatic heterocycles. The van der Waals surface area contributed by atoms with Crippen LogP contribution in [-0.4, -0.2) is 35.1 Å². The van der Waals surface area contributed by atoms with Gasteiger partial charge in [-0.1, -0.05) is 20.8 Å². The zero-order valence-corrected chi connectivity index (χ0v) is 9.36. The number of likely N-dealkylation sites (tertiary alicyclic amines) is 1. The molecule has 1 aliphatic rings. The number of aliphatic hydroxyl groups excluding tert-OH is 1. The van der Waals surface area contributed by atoms with Crippen molar-refractivity contribution in [1.29, 1.82) is 0 Å². The molecule has 1 saturated heterocycles. The van der Waals surface area contributed by atoms with Crippen molar-refractivity contribution < 1.29 is 9.90 Å². The second kappa shape index (κ2) is 4.78. The molecule has 0 aromatic rings. The Balaban J connectivity index is 2.42. The van der Waals surface area contributed by atoms with Crippen LogP contribution in [0.25, 0.3) is 0 Å². The van der Waals surface area contributed by atoms with E-state index in [0.29, 0.717) is 24.8 Å². The molecule has 2 unspecified atom stereocenters. The van der Waals surface area contributed by atoms with Gasteiger partial charge in [0, 0.05) is 19.5 Å². The van der Waals surface area contributed by atoms with Crippen LogP contribution in [0.1, 0.15) is 33.6 Å². The van der Waals surface area contributed by atoms with Gasteiger partial charge in [0.05, 0.1) is 6.10 Å². The number of carbonyl (C=O) groups is 1. The van der Waals surface area contributed by atoms with Gasteiger partial charge in [-0.25, -0.2) is 0 Å². The minimum Gasteiger partial charge on any atom is -0.391 e. The fourth-order valence-corrected chi connectivity index (χ4v) is 1.75. The number of amides is 1. The van der Waals surface area contributed by atoms with Crippen molar-refractivity contribution in [2.24, 2.45) is 11.8 Å². The summed E-state index contributed by atoms with van der Waals surface area (Å²) in [5.74, 6) is 0.919. The van der Waals surface area contributed by atoms with Gasteiger partial charge in [0.15, 0.2) is 0 Å². The minimum atomic E-state index is -0.333. The summed E-state index contributed by atoms with van der Waals surface area (Å²) in [6.07, 6.45) is 1.19. The smallest absolute Gasteiger partial charge is 0.222 e. The summed E-state index contributed by atoms with van der Waals surface area (Å²) in [6, 6.07) is 0. The van der Waals surface area contributed by atoms with Gasteiger partial charge in [0.2, 0.25) is 5.91 Å². The van der Waals surface area contributed by atoms with E-state index in [0.717, 1.165) is 13.0 Å². The van der Waals surface area contributed by atoms with Crippen LogP contribution in [0.3, 0.4) is 0 Å². The maximum Gasteiger partial charge on any atom is 0.222 e. The van der Waals surface area contributed by atoms with Gasteiger partial charge in [-0.2, -0.15) is 0 Å². The number of hydrogen-bond acceptors (Lipinski definition) is 2. The molecule has 0 saturated carbocycles. The SMILES string of the molecule is CC(C)CC(=O)N1CCC(C)C(O)C1. The van der Waals surface area contributed by atoms with E-state index in [-0.39, 0.29) is 12.0 Å². The highest BCUT2D eigenvalue weighted by atomic mass is 16.3. The highest BCUT2D eigenvalue weighted by Crippen LogP contribution is 2.18. The van der Waals surface area contributed by atoms with E-state index in [1.807, 2.05) is 20.8 Å². The molecule has 0 spiro atoms. The predicted molar refractivity (Wildman–Crippen MR) is 55.8 cm³/mol. The Bertz CT molecular complexity index is 203. The van der Waals surface area contributed by atoms with E-state index in [1.165, 1.54) is 0 Å². The molecule has 0 aromatic carbocycles. The fraction of sp³-hybridized carbons (Fsp3) is 0.909. The van der Waals surface area contributed by atoms with Crippen molar-refractivity contribution in [1.82, 2.24) is 4.90 Å². The summed E-state index contributed by atoms with van der Waals surface area (Å²) in [5.41, 5.74) is 0. The maximum atomic E-state index is 11.7. The van der Waals surface area contributed by atoms with E-state index in [4.69, 9.17) is 0 Å². The van der Waals surface area contributed by atoms with Crippen LogP contribution in [0.2, 0.25) is 0 Å². The number of hydrogen-bond donors (Lipinski definition) is 1. The summed E-state index contributed by atoms with van der Waals surface area (Å²) in [5, 5.41) is 9.64. The molecule has 3 heteroatoms. The van der Waals surface area contributed by atoms with Crippen LogP contribution >= 0.6 is 0 Å². The van der Waals surface area contributed by atoms with Crippen molar-refractivity contribution in [2.45, 2.75) is 39.7 Å². The van der Waals surface area contributed by atoms with Gasteiger partial charge < -0.3 is 10.0 Å². The standard InChI is InChI=1S/C11H21NO2/c1-8(2)6-11(14)12-5-4-9(3)10(13)7-12/h8-10,13H,4-7H2,1-3H3. The number of carbonyl (C=O) groups excluding carboxylic acids is 1. The molecule has 0 bridgehead atoms. The van der Waals surface area contributed by atoms with E-state index in [2.05, 4.69) is 0 Å².